The number of carbonyl (C=O) groups excluding carboxylic acids is 1. The van der Waals surface area contributed by atoms with E-state index >= 15 is 0 Å². The molecule has 0 bridgehead atoms. The maximum Gasteiger partial charge on any atom is 0.253 e. The topological polar surface area (TPSA) is 93.5 Å². The van der Waals surface area contributed by atoms with Crippen LogP contribution in [0.1, 0.15) is 52.0 Å². The van der Waals surface area contributed by atoms with Crippen molar-refractivity contribution >= 4 is 16.9 Å². The Morgan fingerprint density at radius 3 is 2.65 bits per heavy atom. The molecule has 1 saturated heterocycles. The number of aromatic nitrogens is 3. The Labute approximate surface area is 197 Å². The lowest BCUT2D eigenvalue weighted by Crippen LogP contribution is -2.38. The van der Waals surface area contributed by atoms with Crippen molar-refractivity contribution in [1.82, 2.24) is 20.0 Å². The predicted octanol–water partition coefficient (Wildman–Crippen LogP) is 4.78. The Bertz CT molecular complexity index is 1270. The molecule has 1 aliphatic rings. The molecular weight excluding hydrogens is 432 g/mol. The van der Waals surface area contributed by atoms with E-state index in [9.17, 15) is 4.79 Å². The van der Waals surface area contributed by atoms with Crippen LogP contribution in [0.5, 0.6) is 11.5 Å². The summed E-state index contributed by atoms with van der Waals surface area (Å²) >= 11 is 0. The number of hydrogen-bond acceptors (Lipinski definition) is 6. The van der Waals surface area contributed by atoms with E-state index in [4.69, 9.17) is 19.0 Å². The normalized spacial score (nSPS) is 14.5. The van der Waals surface area contributed by atoms with Crippen molar-refractivity contribution in [3.63, 3.8) is 0 Å². The van der Waals surface area contributed by atoms with Crippen LogP contribution in [0.25, 0.3) is 11.0 Å². The van der Waals surface area contributed by atoms with Gasteiger partial charge >= 0.3 is 0 Å². The highest BCUT2D eigenvalue weighted by atomic mass is 16.5. The minimum absolute atomic E-state index is 0.00127. The summed E-state index contributed by atoms with van der Waals surface area (Å²) < 4.78 is 16.6. The molecule has 8 nitrogen and oxygen atoms in total. The SMILES string of the molecule is COc1cc(C(=O)N2CCC(c3nc4ccccc4[nH]3)CC2)ccc1OCc1c(C)noc1C. The minimum atomic E-state index is -0.00127. The third-order valence-electron chi connectivity index (χ3n) is 6.54. The number of aryl methyl sites for hydroxylation is 2. The van der Waals surface area contributed by atoms with E-state index in [2.05, 4.69) is 10.1 Å². The first-order chi connectivity index (χ1) is 16.5. The zero-order chi connectivity index (χ0) is 23.7. The highest BCUT2D eigenvalue weighted by molar-refractivity contribution is 5.95. The molecule has 0 saturated carbocycles. The maximum atomic E-state index is 13.2. The summed E-state index contributed by atoms with van der Waals surface area (Å²) in [6, 6.07) is 13.4. The van der Waals surface area contributed by atoms with Gasteiger partial charge in [-0.2, -0.15) is 0 Å². The largest absolute Gasteiger partial charge is 0.493 e. The molecule has 0 spiro atoms. The summed E-state index contributed by atoms with van der Waals surface area (Å²) in [4.78, 5) is 23.3. The van der Waals surface area contributed by atoms with Crippen molar-refractivity contribution in [2.24, 2.45) is 0 Å². The molecule has 8 heteroatoms. The number of carbonyl (C=O) groups is 1. The van der Waals surface area contributed by atoms with Gasteiger partial charge in [0.15, 0.2) is 11.5 Å². The summed E-state index contributed by atoms with van der Waals surface area (Å²) in [5, 5.41) is 3.95. The van der Waals surface area contributed by atoms with E-state index in [1.807, 2.05) is 43.0 Å². The van der Waals surface area contributed by atoms with Crippen LogP contribution >= 0.6 is 0 Å². The Morgan fingerprint density at radius 1 is 1.15 bits per heavy atom. The maximum absolute atomic E-state index is 13.2. The lowest BCUT2D eigenvalue weighted by Gasteiger charge is -2.31. The van der Waals surface area contributed by atoms with Gasteiger partial charge in [0, 0.05) is 24.6 Å². The Balaban J connectivity index is 1.23. The summed E-state index contributed by atoms with van der Waals surface area (Å²) in [6.45, 7) is 5.43. The molecular formula is C26H28N4O4. The van der Waals surface area contributed by atoms with Gasteiger partial charge in [-0.1, -0.05) is 17.3 Å². The van der Waals surface area contributed by atoms with E-state index in [1.165, 1.54) is 0 Å². The first-order valence-corrected chi connectivity index (χ1v) is 11.5. The molecule has 3 heterocycles. The molecule has 1 N–H and O–H groups in total. The van der Waals surface area contributed by atoms with Crippen LogP contribution in [0, 0.1) is 13.8 Å². The molecule has 2 aromatic heterocycles. The quantitative estimate of drug-likeness (QED) is 0.445. The number of ether oxygens (including phenoxy) is 2. The van der Waals surface area contributed by atoms with Gasteiger partial charge in [0.25, 0.3) is 5.91 Å². The monoisotopic (exact) mass is 460 g/mol. The zero-order valence-corrected chi connectivity index (χ0v) is 19.6. The van der Waals surface area contributed by atoms with Crippen LogP contribution in [0.2, 0.25) is 0 Å². The molecule has 4 aromatic rings. The van der Waals surface area contributed by atoms with Gasteiger partial charge in [0.2, 0.25) is 0 Å². The molecule has 0 aliphatic carbocycles. The van der Waals surface area contributed by atoms with Crippen molar-refractivity contribution < 1.29 is 18.8 Å². The molecule has 0 radical (unpaired) electrons. The van der Waals surface area contributed by atoms with E-state index < -0.39 is 0 Å². The Kier molecular flexibility index (Phi) is 5.96. The van der Waals surface area contributed by atoms with Crippen molar-refractivity contribution in [1.29, 1.82) is 0 Å². The first-order valence-electron chi connectivity index (χ1n) is 11.5. The van der Waals surface area contributed by atoms with E-state index in [0.717, 1.165) is 46.7 Å². The van der Waals surface area contributed by atoms with Crippen molar-refractivity contribution in [3.05, 3.63) is 70.9 Å². The third kappa shape index (κ3) is 4.23. The summed E-state index contributed by atoms with van der Waals surface area (Å²) in [5.41, 5.74) is 4.34. The number of H-pyrrole nitrogens is 1. The second-order valence-corrected chi connectivity index (χ2v) is 8.66. The number of hydrogen-bond donors (Lipinski definition) is 1. The molecule has 0 atom stereocenters. The molecule has 1 amide bonds. The predicted molar refractivity (Wildman–Crippen MR) is 127 cm³/mol. The van der Waals surface area contributed by atoms with Crippen LogP contribution in [0.15, 0.2) is 47.0 Å². The molecule has 1 fully saturated rings. The van der Waals surface area contributed by atoms with Crippen molar-refractivity contribution in [2.75, 3.05) is 20.2 Å². The van der Waals surface area contributed by atoms with Crippen LogP contribution in [0.4, 0.5) is 0 Å². The van der Waals surface area contributed by atoms with Gasteiger partial charge in [0.05, 0.1) is 29.4 Å². The Hall–Kier alpha value is -3.81. The van der Waals surface area contributed by atoms with Gasteiger partial charge in [-0.25, -0.2) is 4.98 Å². The van der Waals surface area contributed by atoms with Gasteiger partial charge in [-0.3, -0.25) is 4.79 Å². The molecule has 1 aliphatic heterocycles. The molecule has 176 valence electrons. The Morgan fingerprint density at radius 2 is 1.94 bits per heavy atom. The fourth-order valence-corrected chi connectivity index (χ4v) is 4.48. The second kappa shape index (κ2) is 9.21. The number of nitrogens with zero attached hydrogens (tertiary/aromatic N) is 3. The van der Waals surface area contributed by atoms with Crippen LogP contribution in [-0.2, 0) is 6.61 Å². The molecule has 34 heavy (non-hydrogen) atoms. The van der Waals surface area contributed by atoms with Gasteiger partial charge < -0.3 is 23.9 Å². The van der Waals surface area contributed by atoms with Gasteiger partial charge in [0.1, 0.15) is 18.2 Å². The lowest BCUT2D eigenvalue weighted by atomic mass is 9.95. The highest BCUT2D eigenvalue weighted by Crippen LogP contribution is 2.32. The first kappa shape index (κ1) is 22.0. The number of likely N-dealkylation sites (tertiary alicyclic amines) is 1. The van der Waals surface area contributed by atoms with Crippen LogP contribution in [-0.4, -0.2) is 46.1 Å². The van der Waals surface area contributed by atoms with E-state index in [1.54, 1.807) is 25.3 Å². The minimum Gasteiger partial charge on any atom is -0.493 e. The third-order valence-corrected chi connectivity index (χ3v) is 6.54. The number of rotatable bonds is 6. The standard InChI is InChI=1S/C26H28N4O4/c1-16-20(17(2)34-29-16)15-33-23-9-8-19(14-24(23)32-3)26(31)30-12-10-18(11-13-30)25-27-21-6-4-5-7-22(21)28-25/h4-9,14,18H,10-13,15H2,1-3H3,(H,27,28). The molecule has 5 rings (SSSR count). The number of benzene rings is 2. The van der Waals surface area contributed by atoms with Gasteiger partial charge in [-0.05, 0) is 57.0 Å². The number of piperidine rings is 1. The summed E-state index contributed by atoms with van der Waals surface area (Å²) in [6.07, 6.45) is 1.75. The average Bonchev–Trinajstić information content (AvgIpc) is 3.45. The number of methoxy groups -OCH3 is 1. The van der Waals surface area contributed by atoms with Crippen LogP contribution < -0.4 is 9.47 Å². The van der Waals surface area contributed by atoms with Gasteiger partial charge in [-0.15, -0.1) is 0 Å². The number of amides is 1. The number of imidazole rings is 1. The highest BCUT2D eigenvalue weighted by Gasteiger charge is 2.27. The van der Waals surface area contributed by atoms with Crippen molar-refractivity contribution in [3.8, 4) is 11.5 Å². The molecule has 0 unspecified atom stereocenters. The average molecular weight is 461 g/mol. The number of para-hydroxylation sites is 2. The lowest BCUT2D eigenvalue weighted by molar-refractivity contribution is 0.0711. The van der Waals surface area contributed by atoms with E-state index in [-0.39, 0.29) is 5.91 Å². The summed E-state index contributed by atoms with van der Waals surface area (Å²) in [5.74, 6) is 3.16. The number of aromatic amines is 1. The van der Waals surface area contributed by atoms with Crippen LogP contribution in [0.3, 0.4) is 0 Å². The fraction of sp³-hybridized carbons (Fsp3) is 0.346. The number of nitrogens with one attached hydrogen (secondary N) is 1. The van der Waals surface area contributed by atoms with Crippen molar-refractivity contribution in [2.45, 2.75) is 39.2 Å². The second-order valence-electron chi connectivity index (χ2n) is 8.66. The zero-order valence-electron chi connectivity index (χ0n) is 19.6. The smallest absolute Gasteiger partial charge is 0.253 e. The molecule has 2 aromatic carbocycles. The number of fused-ring (bicyclic) bond motifs is 1. The fourth-order valence-electron chi connectivity index (χ4n) is 4.48. The summed E-state index contributed by atoms with van der Waals surface area (Å²) in [7, 11) is 1.57. The van der Waals surface area contributed by atoms with E-state index in [0.29, 0.717) is 42.7 Å².